The molecule has 1 atom stereocenters. The molecule has 2 heterocycles. The van der Waals surface area contributed by atoms with Crippen molar-refractivity contribution in [2.75, 3.05) is 19.6 Å². The molecule has 0 aliphatic carbocycles. The van der Waals surface area contributed by atoms with Gasteiger partial charge >= 0.3 is 0 Å². The van der Waals surface area contributed by atoms with Crippen LogP contribution in [0.4, 0.5) is 0 Å². The third-order valence-corrected chi connectivity index (χ3v) is 5.78. The summed E-state index contributed by atoms with van der Waals surface area (Å²) in [5, 5.41) is 0. The minimum absolute atomic E-state index is 0.0295. The molecule has 1 aliphatic heterocycles. The molecule has 5 nitrogen and oxygen atoms in total. The first-order valence-corrected chi connectivity index (χ1v) is 10.8. The zero-order chi connectivity index (χ0) is 21.6. The molecule has 158 valence electrons. The van der Waals surface area contributed by atoms with E-state index in [1.165, 1.54) is 0 Å². The van der Waals surface area contributed by atoms with Crippen LogP contribution in [0.2, 0.25) is 0 Å². The molecular formula is C26H27N3O2. The topological polar surface area (TPSA) is 53.5 Å². The summed E-state index contributed by atoms with van der Waals surface area (Å²) in [5.41, 5.74) is 3.79. The molecular weight excluding hydrogens is 386 g/mol. The lowest BCUT2D eigenvalue weighted by molar-refractivity contribution is -0.140. The first-order chi connectivity index (χ1) is 15.2. The van der Waals surface area contributed by atoms with Gasteiger partial charge in [0.1, 0.15) is 6.04 Å². The summed E-state index contributed by atoms with van der Waals surface area (Å²) in [6.45, 7) is 3.91. The minimum Gasteiger partial charge on any atom is -0.339 e. The van der Waals surface area contributed by atoms with Gasteiger partial charge in [0.05, 0.1) is 0 Å². The quantitative estimate of drug-likeness (QED) is 0.613. The Morgan fingerprint density at radius 3 is 2.42 bits per heavy atom. The zero-order valence-corrected chi connectivity index (χ0v) is 17.8. The number of rotatable bonds is 6. The van der Waals surface area contributed by atoms with Gasteiger partial charge in [0.25, 0.3) is 5.91 Å². The van der Waals surface area contributed by atoms with E-state index in [9.17, 15) is 9.59 Å². The molecule has 0 N–H and O–H groups in total. The maximum atomic E-state index is 13.4. The molecule has 1 unspecified atom stereocenters. The standard InChI is InChI=1S/C26H27N3O2/c1-2-16-28-17-18-29(25(30)21-8-4-3-5-9-21)24(26(28)31)19-22-10-6-7-11-23(22)20-12-14-27-15-13-20/h3-15,24H,2,16-19H2,1H3. The van der Waals surface area contributed by atoms with Crippen LogP contribution in [0.1, 0.15) is 29.3 Å². The molecule has 1 saturated heterocycles. The number of benzene rings is 2. The summed E-state index contributed by atoms with van der Waals surface area (Å²) in [7, 11) is 0. The van der Waals surface area contributed by atoms with Crippen LogP contribution < -0.4 is 0 Å². The molecule has 5 heteroatoms. The van der Waals surface area contributed by atoms with Crippen LogP contribution >= 0.6 is 0 Å². The Labute approximate surface area is 183 Å². The van der Waals surface area contributed by atoms with Crippen molar-refractivity contribution in [2.45, 2.75) is 25.8 Å². The number of nitrogens with zero attached hydrogens (tertiary/aromatic N) is 3. The first-order valence-electron chi connectivity index (χ1n) is 10.8. The number of amides is 2. The second-order valence-corrected chi connectivity index (χ2v) is 7.80. The lowest BCUT2D eigenvalue weighted by atomic mass is 9.93. The van der Waals surface area contributed by atoms with E-state index in [-0.39, 0.29) is 11.8 Å². The van der Waals surface area contributed by atoms with Crippen LogP contribution in [0.3, 0.4) is 0 Å². The summed E-state index contributed by atoms with van der Waals surface area (Å²) < 4.78 is 0. The van der Waals surface area contributed by atoms with Gasteiger partial charge < -0.3 is 9.80 Å². The van der Waals surface area contributed by atoms with Gasteiger partial charge in [-0.3, -0.25) is 14.6 Å². The highest BCUT2D eigenvalue weighted by Crippen LogP contribution is 2.27. The minimum atomic E-state index is -0.518. The van der Waals surface area contributed by atoms with Crippen molar-refractivity contribution in [1.29, 1.82) is 0 Å². The van der Waals surface area contributed by atoms with E-state index in [2.05, 4.69) is 18.0 Å². The summed E-state index contributed by atoms with van der Waals surface area (Å²) in [4.78, 5) is 34.5. The number of pyridine rings is 1. The second kappa shape index (κ2) is 9.56. The average molecular weight is 414 g/mol. The molecule has 1 aromatic heterocycles. The number of hydrogen-bond acceptors (Lipinski definition) is 3. The molecule has 2 aromatic carbocycles. The Kier molecular flexibility index (Phi) is 6.41. The van der Waals surface area contributed by atoms with E-state index in [1.807, 2.05) is 65.6 Å². The predicted octanol–water partition coefficient (Wildman–Crippen LogP) is 4.05. The Balaban J connectivity index is 1.68. The highest BCUT2D eigenvalue weighted by atomic mass is 16.2. The molecule has 0 bridgehead atoms. The van der Waals surface area contributed by atoms with Gasteiger partial charge in [0.2, 0.25) is 5.91 Å². The summed E-state index contributed by atoms with van der Waals surface area (Å²) in [5.74, 6) is -0.0570. The van der Waals surface area contributed by atoms with Crippen LogP contribution in [0, 0.1) is 0 Å². The third-order valence-electron chi connectivity index (χ3n) is 5.78. The molecule has 3 aromatic rings. The van der Waals surface area contributed by atoms with Crippen LogP contribution in [-0.2, 0) is 11.2 Å². The van der Waals surface area contributed by atoms with Crippen LogP contribution in [0.15, 0.2) is 79.1 Å². The first kappa shape index (κ1) is 20.8. The third kappa shape index (κ3) is 4.50. The van der Waals surface area contributed by atoms with Crippen LogP contribution in [-0.4, -0.2) is 52.3 Å². The molecule has 4 rings (SSSR count). The van der Waals surface area contributed by atoms with Crippen LogP contribution in [0.25, 0.3) is 11.1 Å². The van der Waals surface area contributed by atoms with Gasteiger partial charge in [0.15, 0.2) is 0 Å². The lowest BCUT2D eigenvalue weighted by Crippen LogP contribution is -2.59. The number of carbonyl (C=O) groups excluding carboxylic acids is 2. The maximum Gasteiger partial charge on any atom is 0.254 e. The molecule has 0 spiro atoms. The van der Waals surface area contributed by atoms with E-state index in [0.29, 0.717) is 31.6 Å². The van der Waals surface area contributed by atoms with Crippen molar-refractivity contribution in [3.8, 4) is 11.1 Å². The van der Waals surface area contributed by atoms with Gasteiger partial charge in [0, 0.05) is 44.0 Å². The molecule has 0 saturated carbocycles. The van der Waals surface area contributed by atoms with Gasteiger partial charge in [-0.2, -0.15) is 0 Å². The Morgan fingerprint density at radius 1 is 0.968 bits per heavy atom. The Bertz CT molecular complexity index is 1040. The fourth-order valence-electron chi connectivity index (χ4n) is 4.24. The average Bonchev–Trinajstić information content (AvgIpc) is 2.83. The fourth-order valence-corrected chi connectivity index (χ4v) is 4.24. The van der Waals surface area contributed by atoms with Crippen molar-refractivity contribution < 1.29 is 9.59 Å². The Hall–Kier alpha value is -3.47. The maximum absolute atomic E-state index is 13.4. The number of carbonyl (C=O) groups is 2. The van der Waals surface area contributed by atoms with Crippen LogP contribution in [0.5, 0.6) is 0 Å². The monoisotopic (exact) mass is 413 g/mol. The number of aromatic nitrogens is 1. The highest BCUT2D eigenvalue weighted by molar-refractivity contribution is 5.98. The summed E-state index contributed by atoms with van der Waals surface area (Å²) in [6, 6.07) is 20.7. The van der Waals surface area contributed by atoms with Gasteiger partial charge in [-0.05, 0) is 47.4 Å². The Morgan fingerprint density at radius 2 is 1.68 bits per heavy atom. The van der Waals surface area contributed by atoms with Crippen molar-refractivity contribution in [2.24, 2.45) is 0 Å². The highest BCUT2D eigenvalue weighted by Gasteiger charge is 2.37. The normalized spacial score (nSPS) is 16.4. The van der Waals surface area contributed by atoms with E-state index in [4.69, 9.17) is 0 Å². The summed E-state index contributed by atoms with van der Waals surface area (Å²) >= 11 is 0. The van der Waals surface area contributed by atoms with Gasteiger partial charge in [-0.15, -0.1) is 0 Å². The van der Waals surface area contributed by atoms with Gasteiger partial charge in [-0.25, -0.2) is 0 Å². The lowest BCUT2D eigenvalue weighted by Gasteiger charge is -2.41. The van der Waals surface area contributed by atoms with Crippen molar-refractivity contribution in [1.82, 2.24) is 14.8 Å². The molecule has 31 heavy (non-hydrogen) atoms. The van der Waals surface area contributed by atoms with E-state index in [1.54, 1.807) is 17.3 Å². The number of piperazine rings is 1. The van der Waals surface area contributed by atoms with E-state index < -0.39 is 6.04 Å². The smallest absolute Gasteiger partial charge is 0.254 e. The molecule has 1 aliphatic rings. The molecule has 2 amide bonds. The van der Waals surface area contributed by atoms with Crippen molar-refractivity contribution >= 4 is 11.8 Å². The van der Waals surface area contributed by atoms with Gasteiger partial charge in [-0.1, -0.05) is 49.4 Å². The zero-order valence-electron chi connectivity index (χ0n) is 17.8. The summed E-state index contributed by atoms with van der Waals surface area (Å²) in [6.07, 6.45) is 4.92. The number of hydrogen-bond donors (Lipinski definition) is 0. The van der Waals surface area contributed by atoms with E-state index in [0.717, 1.165) is 23.1 Å². The fraction of sp³-hybridized carbons (Fsp3) is 0.269. The second-order valence-electron chi connectivity index (χ2n) is 7.80. The largest absolute Gasteiger partial charge is 0.339 e. The SMILES string of the molecule is CCCN1CCN(C(=O)c2ccccc2)C(Cc2ccccc2-c2ccncc2)C1=O. The van der Waals surface area contributed by atoms with Crippen molar-refractivity contribution in [3.63, 3.8) is 0 Å². The van der Waals surface area contributed by atoms with Crippen molar-refractivity contribution in [3.05, 3.63) is 90.3 Å². The molecule has 1 fully saturated rings. The predicted molar refractivity (Wildman–Crippen MR) is 122 cm³/mol. The molecule has 0 radical (unpaired) electrons. The van der Waals surface area contributed by atoms with E-state index >= 15 is 0 Å².